The SMILES string of the molecule is O=CCCc1ccc(OCc2ccccc2)cc1. The van der Waals surface area contributed by atoms with Gasteiger partial charge in [-0.3, -0.25) is 0 Å². The van der Waals surface area contributed by atoms with Crippen molar-refractivity contribution in [3.05, 3.63) is 65.7 Å². The summed E-state index contributed by atoms with van der Waals surface area (Å²) >= 11 is 0. The Morgan fingerprint density at radius 1 is 0.889 bits per heavy atom. The largest absolute Gasteiger partial charge is 0.489 e. The Kier molecular flexibility index (Phi) is 4.53. The van der Waals surface area contributed by atoms with E-state index in [4.69, 9.17) is 4.74 Å². The van der Waals surface area contributed by atoms with E-state index < -0.39 is 0 Å². The van der Waals surface area contributed by atoms with E-state index >= 15 is 0 Å². The van der Waals surface area contributed by atoms with Gasteiger partial charge >= 0.3 is 0 Å². The van der Waals surface area contributed by atoms with Crippen molar-refractivity contribution in [3.63, 3.8) is 0 Å². The third-order valence-electron chi connectivity index (χ3n) is 2.72. The van der Waals surface area contributed by atoms with Crippen LogP contribution < -0.4 is 4.74 Å². The molecule has 0 spiro atoms. The minimum atomic E-state index is 0.574. The van der Waals surface area contributed by atoms with Gasteiger partial charge in [-0.2, -0.15) is 0 Å². The van der Waals surface area contributed by atoms with E-state index in [2.05, 4.69) is 0 Å². The molecule has 0 aliphatic carbocycles. The third-order valence-corrected chi connectivity index (χ3v) is 2.72. The highest BCUT2D eigenvalue weighted by Crippen LogP contribution is 2.14. The average Bonchev–Trinajstić information content (AvgIpc) is 2.45. The monoisotopic (exact) mass is 240 g/mol. The van der Waals surface area contributed by atoms with Crippen LogP contribution in [0.5, 0.6) is 5.75 Å². The minimum Gasteiger partial charge on any atom is -0.489 e. The van der Waals surface area contributed by atoms with Crippen molar-refractivity contribution in [2.45, 2.75) is 19.4 Å². The number of ether oxygens (including phenoxy) is 1. The first-order chi connectivity index (χ1) is 8.88. The molecule has 18 heavy (non-hydrogen) atoms. The molecule has 0 radical (unpaired) electrons. The Hall–Kier alpha value is -2.09. The minimum absolute atomic E-state index is 0.574. The van der Waals surface area contributed by atoms with Crippen LogP contribution in [0.1, 0.15) is 17.5 Å². The Balaban J connectivity index is 1.88. The normalized spacial score (nSPS) is 10.0. The summed E-state index contributed by atoms with van der Waals surface area (Å²) in [7, 11) is 0. The van der Waals surface area contributed by atoms with Crippen LogP contribution in [0, 0.1) is 0 Å². The summed E-state index contributed by atoms with van der Waals surface area (Å²) < 4.78 is 5.68. The van der Waals surface area contributed by atoms with Crippen LogP contribution in [-0.2, 0) is 17.8 Å². The lowest BCUT2D eigenvalue weighted by atomic mass is 10.1. The molecular formula is C16H16O2. The fourth-order valence-electron chi connectivity index (χ4n) is 1.72. The summed E-state index contributed by atoms with van der Waals surface area (Å²) in [6.07, 6.45) is 2.31. The van der Waals surface area contributed by atoms with Gasteiger partial charge in [0, 0.05) is 6.42 Å². The van der Waals surface area contributed by atoms with Crippen LogP contribution in [0.3, 0.4) is 0 Å². The van der Waals surface area contributed by atoms with E-state index in [-0.39, 0.29) is 0 Å². The first-order valence-electron chi connectivity index (χ1n) is 6.08. The van der Waals surface area contributed by atoms with Gasteiger partial charge in [-0.05, 0) is 29.7 Å². The smallest absolute Gasteiger partial charge is 0.120 e. The summed E-state index contributed by atoms with van der Waals surface area (Å²) in [6, 6.07) is 18.0. The summed E-state index contributed by atoms with van der Waals surface area (Å²) in [5.74, 6) is 0.855. The number of hydrogen-bond donors (Lipinski definition) is 0. The zero-order valence-corrected chi connectivity index (χ0v) is 10.2. The predicted octanol–water partition coefficient (Wildman–Crippen LogP) is 3.40. The second kappa shape index (κ2) is 6.60. The van der Waals surface area contributed by atoms with E-state index in [1.165, 1.54) is 0 Å². The molecule has 2 heteroatoms. The number of carbonyl (C=O) groups excluding carboxylic acids is 1. The lowest BCUT2D eigenvalue weighted by Crippen LogP contribution is -1.95. The highest BCUT2D eigenvalue weighted by atomic mass is 16.5. The molecule has 0 saturated carbocycles. The first-order valence-corrected chi connectivity index (χ1v) is 6.08. The van der Waals surface area contributed by atoms with E-state index in [1.807, 2.05) is 54.6 Å². The predicted molar refractivity (Wildman–Crippen MR) is 71.6 cm³/mol. The lowest BCUT2D eigenvalue weighted by molar-refractivity contribution is -0.107. The van der Waals surface area contributed by atoms with Crippen LogP contribution >= 0.6 is 0 Å². The molecule has 0 aliphatic heterocycles. The maximum Gasteiger partial charge on any atom is 0.120 e. The Morgan fingerprint density at radius 2 is 1.61 bits per heavy atom. The quantitative estimate of drug-likeness (QED) is 0.723. The van der Waals surface area contributed by atoms with E-state index in [1.54, 1.807) is 0 Å². The lowest BCUT2D eigenvalue weighted by Gasteiger charge is -2.06. The molecular weight excluding hydrogens is 224 g/mol. The third kappa shape index (κ3) is 3.74. The first kappa shape index (κ1) is 12.4. The molecule has 0 amide bonds. The Bertz CT molecular complexity index is 474. The van der Waals surface area contributed by atoms with E-state index in [9.17, 15) is 4.79 Å². The van der Waals surface area contributed by atoms with Crippen LogP contribution in [0.25, 0.3) is 0 Å². The maximum atomic E-state index is 10.3. The number of aryl methyl sites for hydroxylation is 1. The van der Waals surface area contributed by atoms with Gasteiger partial charge in [0.25, 0.3) is 0 Å². The van der Waals surface area contributed by atoms with Gasteiger partial charge in [-0.25, -0.2) is 0 Å². The van der Waals surface area contributed by atoms with Gasteiger partial charge in [0.15, 0.2) is 0 Å². The molecule has 2 rings (SSSR count). The molecule has 0 bridgehead atoms. The van der Waals surface area contributed by atoms with Crippen molar-refractivity contribution in [1.82, 2.24) is 0 Å². The fraction of sp³-hybridized carbons (Fsp3) is 0.188. The van der Waals surface area contributed by atoms with Crippen molar-refractivity contribution < 1.29 is 9.53 Å². The molecule has 0 N–H and O–H groups in total. The second-order valence-corrected chi connectivity index (χ2v) is 4.12. The summed E-state index contributed by atoms with van der Waals surface area (Å²) in [6.45, 7) is 0.578. The summed E-state index contributed by atoms with van der Waals surface area (Å²) in [5, 5.41) is 0. The number of carbonyl (C=O) groups is 1. The standard InChI is InChI=1S/C16H16O2/c17-12-4-7-14-8-10-16(11-9-14)18-13-15-5-2-1-3-6-15/h1-3,5-6,8-12H,4,7,13H2. The van der Waals surface area contributed by atoms with Gasteiger partial charge in [-0.15, -0.1) is 0 Å². The van der Waals surface area contributed by atoms with Crippen LogP contribution in [0.2, 0.25) is 0 Å². The number of benzene rings is 2. The van der Waals surface area contributed by atoms with Gasteiger partial charge < -0.3 is 9.53 Å². The molecule has 2 aromatic rings. The highest BCUT2D eigenvalue weighted by Gasteiger charge is 1.97. The van der Waals surface area contributed by atoms with Crippen LogP contribution in [0.4, 0.5) is 0 Å². The summed E-state index contributed by atoms with van der Waals surface area (Å²) in [5.41, 5.74) is 2.32. The van der Waals surface area contributed by atoms with Crippen LogP contribution in [-0.4, -0.2) is 6.29 Å². The number of aldehydes is 1. The van der Waals surface area contributed by atoms with Gasteiger partial charge in [0.2, 0.25) is 0 Å². The molecule has 0 unspecified atom stereocenters. The fourth-order valence-corrected chi connectivity index (χ4v) is 1.72. The highest BCUT2D eigenvalue weighted by molar-refractivity contribution is 5.50. The molecule has 0 atom stereocenters. The molecule has 2 nitrogen and oxygen atoms in total. The van der Waals surface area contributed by atoms with Crippen molar-refractivity contribution in [1.29, 1.82) is 0 Å². The zero-order chi connectivity index (χ0) is 12.6. The van der Waals surface area contributed by atoms with Crippen LogP contribution in [0.15, 0.2) is 54.6 Å². The molecule has 0 aromatic heterocycles. The topological polar surface area (TPSA) is 26.3 Å². The van der Waals surface area contributed by atoms with Gasteiger partial charge in [0.1, 0.15) is 18.6 Å². The van der Waals surface area contributed by atoms with Gasteiger partial charge in [0.05, 0.1) is 0 Å². The number of rotatable bonds is 6. The molecule has 0 fully saturated rings. The Labute approximate surface area is 107 Å². The van der Waals surface area contributed by atoms with E-state index in [0.29, 0.717) is 13.0 Å². The Morgan fingerprint density at radius 3 is 2.28 bits per heavy atom. The molecule has 2 aromatic carbocycles. The number of hydrogen-bond acceptors (Lipinski definition) is 2. The maximum absolute atomic E-state index is 10.3. The van der Waals surface area contributed by atoms with Crippen molar-refractivity contribution in [3.8, 4) is 5.75 Å². The molecule has 0 heterocycles. The summed E-state index contributed by atoms with van der Waals surface area (Å²) in [4.78, 5) is 10.3. The zero-order valence-electron chi connectivity index (χ0n) is 10.2. The molecule has 92 valence electrons. The van der Waals surface area contributed by atoms with Crippen molar-refractivity contribution in [2.24, 2.45) is 0 Å². The average molecular weight is 240 g/mol. The van der Waals surface area contributed by atoms with E-state index in [0.717, 1.165) is 29.6 Å². The van der Waals surface area contributed by atoms with Gasteiger partial charge in [-0.1, -0.05) is 42.5 Å². The van der Waals surface area contributed by atoms with Crippen molar-refractivity contribution in [2.75, 3.05) is 0 Å². The van der Waals surface area contributed by atoms with Crippen molar-refractivity contribution >= 4 is 6.29 Å². The second-order valence-electron chi connectivity index (χ2n) is 4.12. The molecule has 0 saturated heterocycles. The molecule has 0 aliphatic rings.